The number of carbonyl (C=O) groups excluding carboxylic acids is 2. The van der Waals surface area contributed by atoms with Gasteiger partial charge in [-0.15, -0.1) is 0 Å². The Balaban J connectivity index is 1.83. The highest BCUT2D eigenvalue weighted by atomic mass is 16.6. The average Bonchev–Trinajstić information content (AvgIpc) is 2.71. The van der Waals surface area contributed by atoms with Crippen LogP contribution in [-0.4, -0.2) is 37.6 Å². The van der Waals surface area contributed by atoms with E-state index in [4.69, 9.17) is 14.2 Å². The third kappa shape index (κ3) is 5.97. The summed E-state index contributed by atoms with van der Waals surface area (Å²) in [4.78, 5) is 34.2. The molecule has 0 aromatic heterocycles. The van der Waals surface area contributed by atoms with Crippen molar-refractivity contribution in [2.75, 3.05) is 26.1 Å². The van der Waals surface area contributed by atoms with Crippen LogP contribution in [0.2, 0.25) is 0 Å². The maximum atomic E-state index is 11.9. The maximum absolute atomic E-state index is 11.9. The Bertz CT molecular complexity index is 850. The predicted octanol–water partition coefficient (Wildman–Crippen LogP) is 2.73. The third-order valence-corrected chi connectivity index (χ3v) is 3.82. The van der Waals surface area contributed by atoms with Crippen molar-refractivity contribution in [3.8, 4) is 11.5 Å². The van der Waals surface area contributed by atoms with Crippen LogP contribution in [0, 0.1) is 10.1 Å². The minimum Gasteiger partial charge on any atom is -0.497 e. The molecule has 148 valence electrons. The molecule has 0 atom stereocenters. The van der Waals surface area contributed by atoms with Crippen LogP contribution in [0.1, 0.15) is 12.0 Å². The van der Waals surface area contributed by atoms with Gasteiger partial charge in [-0.25, -0.2) is 0 Å². The fourth-order valence-electron chi connectivity index (χ4n) is 2.34. The summed E-state index contributed by atoms with van der Waals surface area (Å²) in [5, 5.41) is 13.5. The number of nitro groups is 1. The molecule has 0 heterocycles. The van der Waals surface area contributed by atoms with E-state index in [0.717, 1.165) is 11.3 Å². The lowest BCUT2D eigenvalue weighted by atomic mass is 10.1. The Morgan fingerprint density at radius 3 is 2.29 bits per heavy atom. The zero-order valence-electron chi connectivity index (χ0n) is 15.5. The van der Waals surface area contributed by atoms with Crippen molar-refractivity contribution in [3.05, 3.63) is 58.1 Å². The number of esters is 1. The van der Waals surface area contributed by atoms with E-state index in [1.165, 1.54) is 25.3 Å². The molecule has 0 bridgehead atoms. The molecule has 0 saturated carbocycles. The Morgan fingerprint density at radius 1 is 1.04 bits per heavy atom. The smallest absolute Gasteiger partial charge is 0.306 e. The number of methoxy groups -OCH3 is 2. The van der Waals surface area contributed by atoms with Gasteiger partial charge in [0.25, 0.3) is 11.6 Å². The summed E-state index contributed by atoms with van der Waals surface area (Å²) in [7, 11) is 2.95. The molecule has 28 heavy (non-hydrogen) atoms. The standard InChI is InChI=1S/C19H20N2O7/c1-26-14-6-3-13(4-7-14)5-10-19(23)28-12-18(22)20-16-9-8-15(27-2)11-17(16)21(24)25/h3-4,6-9,11H,5,10,12H2,1-2H3,(H,20,22). The van der Waals surface area contributed by atoms with Crippen molar-refractivity contribution >= 4 is 23.3 Å². The van der Waals surface area contributed by atoms with Crippen LogP contribution in [0.3, 0.4) is 0 Å². The number of nitrogens with zero attached hydrogens (tertiary/aromatic N) is 1. The summed E-state index contributed by atoms with van der Waals surface area (Å²) in [6.45, 7) is -0.537. The molecule has 9 nitrogen and oxygen atoms in total. The molecule has 0 spiro atoms. The minimum absolute atomic E-state index is 0.00918. The van der Waals surface area contributed by atoms with Gasteiger partial charge in [0.1, 0.15) is 17.2 Å². The van der Waals surface area contributed by atoms with Crippen LogP contribution < -0.4 is 14.8 Å². The van der Waals surface area contributed by atoms with Gasteiger partial charge in [0.15, 0.2) is 6.61 Å². The minimum atomic E-state index is -0.675. The Labute approximate surface area is 161 Å². The topological polar surface area (TPSA) is 117 Å². The summed E-state index contributed by atoms with van der Waals surface area (Å²) in [6, 6.07) is 11.3. The predicted molar refractivity (Wildman–Crippen MR) is 101 cm³/mol. The molecule has 1 amide bonds. The summed E-state index contributed by atoms with van der Waals surface area (Å²) < 4.78 is 14.9. The normalized spacial score (nSPS) is 10.1. The average molecular weight is 388 g/mol. The van der Waals surface area contributed by atoms with Crippen LogP contribution in [0.5, 0.6) is 11.5 Å². The zero-order valence-corrected chi connectivity index (χ0v) is 15.5. The lowest BCUT2D eigenvalue weighted by Gasteiger charge is -2.08. The molecule has 0 saturated heterocycles. The molecule has 2 aromatic carbocycles. The van der Waals surface area contributed by atoms with Crippen LogP contribution in [0.25, 0.3) is 0 Å². The lowest BCUT2D eigenvalue weighted by Crippen LogP contribution is -2.21. The van der Waals surface area contributed by atoms with Gasteiger partial charge in [-0.05, 0) is 36.2 Å². The summed E-state index contributed by atoms with van der Waals surface area (Å²) in [5.74, 6) is -0.216. The zero-order chi connectivity index (χ0) is 20.5. The molecule has 0 aliphatic carbocycles. The molecule has 2 aromatic rings. The third-order valence-electron chi connectivity index (χ3n) is 3.82. The highest BCUT2D eigenvalue weighted by Crippen LogP contribution is 2.28. The van der Waals surface area contributed by atoms with Gasteiger partial charge in [0, 0.05) is 6.42 Å². The van der Waals surface area contributed by atoms with E-state index in [9.17, 15) is 19.7 Å². The first kappa shape index (κ1) is 20.7. The first-order valence-electron chi connectivity index (χ1n) is 8.33. The van der Waals surface area contributed by atoms with Crippen molar-refractivity contribution < 1.29 is 28.7 Å². The second kappa shape index (κ2) is 9.91. The van der Waals surface area contributed by atoms with Gasteiger partial charge >= 0.3 is 5.97 Å². The highest BCUT2D eigenvalue weighted by molar-refractivity contribution is 5.95. The van der Waals surface area contributed by atoms with E-state index in [2.05, 4.69) is 5.32 Å². The van der Waals surface area contributed by atoms with Gasteiger partial charge in [0.2, 0.25) is 0 Å². The van der Waals surface area contributed by atoms with E-state index in [1.54, 1.807) is 19.2 Å². The fraction of sp³-hybridized carbons (Fsp3) is 0.263. The van der Waals surface area contributed by atoms with Crippen LogP contribution in [0.15, 0.2) is 42.5 Å². The van der Waals surface area contributed by atoms with E-state index in [0.29, 0.717) is 6.42 Å². The van der Waals surface area contributed by atoms with Gasteiger partial charge in [-0.3, -0.25) is 19.7 Å². The number of amides is 1. The van der Waals surface area contributed by atoms with Gasteiger partial charge in [-0.2, -0.15) is 0 Å². The van der Waals surface area contributed by atoms with Crippen molar-refractivity contribution in [1.29, 1.82) is 0 Å². The number of hydrogen-bond donors (Lipinski definition) is 1. The maximum Gasteiger partial charge on any atom is 0.306 e. The van der Waals surface area contributed by atoms with E-state index in [1.807, 2.05) is 12.1 Å². The Morgan fingerprint density at radius 2 is 1.68 bits per heavy atom. The van der Waals surface area contributed by atoms with Crippen LogP contribution in [-0.2, 0) is 20.7 Å². The first-order chi connectivity index (χ1) is 13.4. The summed E-state index contributed by atoms with van der Waals surface area (Å²) in [5.41, 5.74) is 0.597. The van der Waals surface area contributed by atoms with Crippen molar-refractivity contribution in [2.45, 2.75) is 12.8 Å². The van der Waals surface area contributed by atoms with E-state index in [-0.39, 0.29) is 23.5 Å². The molecule has 9 heteroatoms. The summed E-state index contributed by atoms with van der Waals surface area (Å²) in [6.07, 6.45) is 0.552. The highest BCUT2D eigenvalue weighted by Gasteiger charge is 2.18. The second-order valence-corrected chi connectivity index (χ2v) is 5.70. The SMILES string of the molecule is COc1ccc(CCC(=O)OCC(=O)Nc2ccc(OC)cc2[N+](=O)[O-])cc1. The van der Waals surface area contributed by atoms with Gasteiger partial charge < -0.3 is 19.5 Å². The molecule has 0 radical (unpaired) electrons. The first-order valence-corrected chi connectivity index (χ1v) is 8.33. The number of benzene rings is 2. The number of anilines is 1. The van der Waals surface area contributed by atoms with Crippen molar-refractivity contribution in [3.63, 3.8) is 0 Å². The lowest BCUT2D eigenvalue weighted by molar-refractivity contribution is -0.384. The number of hydrogen-bond acceptors (Lipinski definition) is 7. The van der Waals surface area contributed by atoms with Crippen LogP contribution in [0.4, 0.5) is 11.4 Å². The van der Waals surface area contributed by atoms with Gasteiger partial charge in [-0.1, -0.05) is 12.1 Å². The largest absolute Gasteiger partial charge is 0.497 e. The summed E-state index contributed by atoms with van der Waals surface area (Å²) >= 11 is 0. The van der Waals surface area contributed by atoms with Crippen molar-refractivity contribution in [1.82, 2.24) is 0 Å². The molecule has 1 N–H and O–H groups in total. The molecular weight excluding hydrogens is 368 g/mol. The number of carbonyl (C=O) groups is 2. The molecule has 0 fully saturated rings. The van der Waals surface area contributed by atoms with Crippen LogP contribution >= 0.6 is 0 Å². The number of rotatable bonds is 9. The molecule has 0 aliphatic heterocycles. The number of nitrogens with one attached hydrogen (secondary N) is 1. The number of ether oxygens (including phenoxy) is 3. The van der Waals surface area contributed by atoms with E-state index < -0.39 is 23.4 Å². The molecule has 0 aliphatic rings. The number of aryl methyl sites for hydroxylation is 1. The number of nitro benzene ring substituents is 1. The fourth-order valence-corrected chi connectivity index (χ4v) is 2.34. The monoisotopic (exact) mass is 388 g/mol. The van der Waals surface area contributed by atoms with E-state index >= 15 is 0 Å². The molecule has 2 rings (SSSR count). The Kier molecular flexibility index (Phi) is 7.32. The Hall–Kier alpha value is -3.62. The van der Waals surface area contributed by atoms with Crippen molar-refractivity contribution in [2.24, 2.45) is 0 Å². The quantitative estimate of drug-likeness (QED) is 0.399. The van der Waals surface area contributed by atoms with Gasteiger partial charge in [0.05, 0.1) is 25.2 Å². The molecule has 0 unspecified atom stereocenters. The molecular formula is C19H20N2O7. The second-order valence-electron chi connectivity index (χ2n) is 5.70.